The summed E-state index contributed by atoms with van der Waals surface area (Å²) in [4.78, 5) is 25.1. The molecule has 1 aromatic rings. The molecule has 0 fully saturated rings. The van der Waals surface area contributed by atoms with Crippen molar-refractivity contribution in [3.63, 3.8) is 0 Å². The van der Waals surface area contributed by atoms with E-state index >= 15 is 0 Å². The Hall–Kier alpha value is -1.84. The van der Waals surface area contributed by atoms with Crippen LogP contribution >= 0.6 is 0 Å². The quantitative estimate of drug-likeness (QED) is 0.340. The third kappa shape index (κ3) is 8.45. The molecule has 2 atom stereocenters. The zero-order valence-corrected chi connectivity index (χ0v) is 18.2. The van der Waals surface area contributed by atoms with E-state index in [1.807, 2.05) is 0 Å². The number of hydrogen-bond acceptors (Lipinski definition) is 4. The fourth-order valence-corrected chi connectivity index (χ4v) is 3.18. The fraction of sp³-hybridized carbons (Fsp3) is 0.667. The Kier molecular flexibility index (Phi) is 12.3. The molecule has 0 saturated heterocycles. The van der Waals surface area contributed by atoms with E-state index in [-0.39, 0.29) is 0 Å². The molecule has 0 aromatic heterocycles. The number of carbonyl (C=O) groups excluding carboxylic acids is 2. The summed E-state index contributed by atoms with van der Waals surface area (Å²) in [7, 11) is 0. The van der Waals surface area contributed by atoms with Crippen LogP contribution in [0.4, 0.5) is 0 Å². The molecule has 0 aliphatic heterocycles. The van der Waals surface area contributed by atoms with Gasteiger partial charge in [0, 0.05) is 0 Å². The predicted octanol–water partition coefficient (Wildman–Crippen LogP) is 6.43. The third-order valence-corrected chi connectivity index (χ3v) is 5.35. The lowest BCUT2D eigenvalue weighted by Crippen LogP contribution is -2.19. The Labute approximate surface area is 171 Å². The molecule has 0 spiro atoms. The highest BCUT2D eigenvalue weighted by Crippen LogP contribution is 2.18. The highest BCUT2D eigenvalue weighted by atomic mass is 16.5. The molecule has 28 heavy (non-hydrogen) atoms. The summed E-state index contributed by atoms with van der Waals surface area (Å²) >= 11 is 0. The van der Waals surface area contributed by atoms with E-state index in [4.69, 9.17) is 9.47 Å². The molecular formula is C24H38O4. The largest absolute Gasteiger partial charge is 0.462 e. The van der Waals surface area contributed by atoms with Crippen LogP contribution in [0.2, 0.25) is 0 Å². The third-order valence-electron chi connectivity index (χ3n) is 5.35. The molecule has 0 saturated carbocycles. The van der Waals surface area contributed by atoms with Gasteiger partial charge in [-0.15, -0.1) is 0 Å². The minimum absolute atomic E-state index is 0.291. The molecule has 0 heterocycles. The lowest BCUT2D eigenvalue weighted by molar-refractivity contribution is 0.0381. The summed E-state index contributed by atoms with van der Waals surface area (Å²) < 4.78 is 11.0. The molecule has 0 aliphatic rings. The molecule has 0 N–H and O–H groups in total. The average Bonchev–Trinajstić information content (AvgIpc) is 2.73. The van der Waals surface area contributed by atoms with Gasteiger partial charge >= 0.3 is 11.9 Å². The van der Waals surface area contributed by atoms with Gasteiger partial charge in [-0.1, -0.05) is 78.4 Å². The smallest absolute Gasteiger partial charge is 0.339 e. The molecule has 158 valence electrons. The van der Waals surface area contributed by atoms with Gasteiger partial charge in [0.25, 0.3) is 0 Å². The van der Waals surface area contributed by atoms with Gasteiger partial charge in [0.05, 0.1) is 24.3 Å². The van der Waals surface area contributed by atoms with Crippen molar-refractivity contribution in [2.45, 2.75) is 79.1 Å². The van der Waals surface area contributed by atoms with Crippen LogP contribution in [0.25, 0.3) is 0 Å². The van der Waals surface area contributed by atoms with Crippen LogP contribution in [0.5, 0.6) is 0 Å². The van der Waals surface area contributed by atoms with Gasteiger partial charge in [0.1, 0.15) is 0 Å². The zero-order valence-electron chi connectivity index (χ0n) is 18.2. The Morgan fingerprint density at radius 3 is 1.46 bits per heavy atom. The highest BCUT2D eigenvalue weighted by molar-refractivity contribution is 6.03. The van der Waals surface area contributed by atoms with Crippen molar-refractivity contribution in [2.75, 3.05) is 13.2 Å². The second kappa shape index (κ2) is 14.2. The van der Waals surface area contributed by atoms with Gasteiger partial charge in [-0.05, 0) is 36.8 Å². The normalized spacial score (nSPS) is 13.0. The van der Waals surface area contributed by atoms with Gasteiger partial charge in [0.15, 0.2) is 0 Å². The number of esters is 2. The lowest BCUT2D eigenvalue weighted by atomic mass is 10.0. The van der Waals surface area contributed by atoms with Crippen molar-refractivity contribution in [3.8, 4) is 0 Å². The Morgan fingerprint density at radius 1 is 0.750 bits per heavy atom. The van der Waals surface area contributed by atoms with Crippen LogP contribution in [-0.4, -0.2) is 25.2 Å². The first-order chi connectivity index (χ1) is 13.6. The monoisotopic (exact) mass is 396 g/mol. The predicted molar refractivity (Wildman–Crippen MR) is 114 cm³/mol. The van der Waals surface area contributed by atoms with Crippen molar-refractivity contribution >= 4 is 11.9 Å². The minimum atomic E-state index is -0.444. The number of carbonyl (C=O) groups is 2. The molecule has 4 heteroatoms. The molecule has 1 rings (SSSR count). The van der Waals surface area contributed by atoms with E-state index < -0.39 is 11.9 Å². The highest BCUT2D eigenvalue weighted by Gasteiger charge is 2.21. The first kappa shape index (κ1) is 24.2. The van der Waals surface area contributed by atoms with Gasteiger partial charge in [-0.25, -0.2) is 9.59 Å². The van der Waals surface area contributed by atoms with Crippen LogP contribution in [0, 0.1) is 11.8 Å². The maximum Gasteiger partial charge on any atom is 0.339 e. The van der Waals surface area contributed by atoms with E-state index in [0.29, 0.717) is 36.2 Å². The van der Waals surface area contributed by atoms with Crippen molar-refractivity contribution in [1.82, 2.24) is 0 Å². The molecule has 2 unspecified atom stereocenters. The Bertz CT molecular complexity index is 531. The van der Waals surface area contributed by atoms with Crippen LogP contribution in [-0.2, 0) is 9.47 Å². The van der Waals surface area contributed by atoms with Crippen molar-refractivity contribution in [3.05, 3.63) is 35.4 Å². The molecule has 0 aliphatic carbocycles. The van der Waals surface area contributed by atoms with E-state index in [2.05, 4.69) is 27.7 Å². The topological polar surface area (TPSA) is 52.6 Å². The van der Waals surface area contributed by atoms with Crippen LogP contribution < -0.4 is 0 Å². The Balaban J connectivity index is 2.69. The number of unbranched alkanes of at least 4 members (excludes halogenated alkanes) is 2. The number of ether oxygens (including phenoxy) is 2. The van der Waals surface area contributed by atoms with Crippen molar-refractivity contribution in [2.24, 2.45) is 11.8 Å². The van der Waals surface area contributed by atoms with Crippen molar-refractivity contribution in [1.29, 1.82) is 0 Å². The maximum absolute atomic E-state index is 12.6. The summed E-state index contributed by atoms with van der Waals surface area (Å²) in [5.74, 6) is -0.153. The number of benzene rings is 1. The van der Waals surface area contributed by atoms with E-state index in [0.717, 1.165) is 51.4 Å². The summed E-state index contributed by atoms with van der Waals surface area (Å²) in [6.07, 6.45) is 8.61. The lowest BCUT2D eigenvalue weighted by Gasteiger charge is -2.17. The standard InChI is InChI=1S/C24H38O4/c1-5-9-13-19(7-3)17-27-23(25)21-15-11-12-16-22(21)24(26)28-18-20(8-4)14-10-6-2/h11-12,15-16,19-20H,5-10,13-14,17-18H2,1-4H3/i11+1,12+1,15+1,16+1,21+1,22+1. The van der Waals surface area contributed by atoms with Gasteiger partial charge < -0.3 is 9.47 Å². The molecule has 0 bridgehead atoms. The van der Waals surface area contributed by atoms with Gasteiger partial charge in [-0.3, -0.25) is 0 Å². The second-order valence-electron chi connectivity index (χ2n) is 7.58. The molecule has 4 nitrogen and oxygen atoms in total. The minimum Gasteiger partial charge on any atom is -0.462 e. The summed E-state index contributed by atoms with van der Waals surface area (Å²) in [5, 5.41) is 0. The van der Waals surface area contributed by atoms with Gasteiger partial charge in [0.2, 0.25) is 0 Å². The Morgan fingerprint density at radius 2 is 1.14 bits per heavy atom. The van der Waals surface area contributed by atoms with E-state index in [1.54, 1.807) is 24.3 Å². The van der Waals surface area contributed by atoms with Crippen molar-refractivity contribution < 1.29 is 19.1 Å². The molecule has 0 amide bonds. The SMILES string of the molecule is CCCCC(CC)COC(=O)[13c]1[13cH][13cH][13cH][13cH][13c]1C(=O)OCC(CC)CCCC. The fourth-order valence-electron chi connectivity index (χ4n) is 3.18. The van der Waals surface area contributed by atoms with E-state index in [1.165, 1.54) is 0 Å². The molecular weight excluding hydrogens is 358 g/mol. The summed E-state index contributed by atoms with van der Waals surface area (Å²) in [6.45, 7) is 9.34. The van der Waals surface area contributed by atoms with Crippen LogP contribution in [0.3, 0.4) is 0 Å². The molecule has 1 aromatic carbocycles. The van der Waals surface area contributed by atoms with Crippen LogP contribution in [0.1, 0.15) is 99.8 Å². The first-order valence-corrected chi connectivity index (χ1v) is 11.0. The second-order valence-corrected chi connectivity index (χ2v) is 7.58. The zero-order chi connectivity index (χ0) is 20.8. The maximum atomic E-state index is 12.6. The molecule has 0 radical (unpaired) electrons. The number of hydrogen-bond donors (Lipinski definition) is 0. The summed E-state index contributed by atoms with van der Waals surface area (Å²) in [5.41, 5.74) is 0.582. The van der Waals surface area contributed by atoms with Crippen LogP contribution in [0.15, 0.2) is 24.3 Å². The summed E-state index contributed by atoms with van der Waals surface area (Å²) in [6, 6.07) is 6.77. The average molecular weight is 397 g/mol. The first-order valence-electron chi connectivity index (χ1n) is 11.0. The number of rotatable bonds is 14. The van der Waals surface area contributed by atoms with E-state index in [9.17, 15) is 9.59 Å². The van der Waals surface area contributed by atoms with Gasteiger partial charge in [-0.2, -0.15) is 0 Å².